The lowest BCUT2D eigenvalue weighted by atomic mass is 10.3. The predicted molar refractivity (Wildman–Crippen MR) is 48.9 cm³/mol. The molecule has 2 rings (SSSR count). The van der Waals surface area contributed by atoms with Crippen molar-refractivity contribution in [1.82, 2.24) is 4.98 Å². The summed E-state index contributed by atoms with van der Waals surface area (Å²) in [6.45, 7) is 0.304. The maximum absolute atomic E-state index is 8.83. The minimum atomic E-state index is -0.304. The van der Waals surface area contributed by atoms with Gasteiger partial charge < -0.3 is 14.6 Å². The lowest BCUT2D eigenvalue weighted by Crippen LogP contribution is -2.32. The summed E-state index contributed by atoms with van der Waals surface area (Å²) in [5.74, 6) is 1.05. The van der Waals surface area contributed by atoms with Crippen LogP contribution in [-0.2, 0) is 0 Å². The highest BCUT2D eigenvalue weighted by Gasteiger charge is 2.21. The van der Waals surface area contributed by atoms with Crippen molar-refractivity contribution in [3.8, 4) is 11.6 Å². The molecule has 70 valence electrons. The summed E-state index contributed by atoms with van der Waals surface area (Å²) in [4.78, 5) is 4.01. The number of aromatic nitrogens is 1. The first-order valence-corrected chi connectivity index (χ1v) is 4.65. The van der Waals surface area contributed by atoms with Gasteiger partial charge in [0.15, 0.2) is 11.9 Å². The van der Waals surface area contributed by atoms with Crippen LogP contribution in [0.3, 0.4) is 0 Å². The van der Waals surface area contributed by atoms with Crippen LogP contribution in [0.15, 0.2) is 16.7 Å². The smallest absolute Gasteiger partial charge is 0.257 e. The second-order valence-electron chi connectivity index (χ2n) is 2.69. The van der Waals surface area contributed by atoms with Gasteiger partial charge in [-0.2, -0.15) is 0 Å². The molecule has 1 aliphatic heterocycles. The Morgan fingerprint density at radius 1 is 1.69 bits per heavy atom. The average molecular weight is 246 g/mol. The lowest BCUT2D eigenvalue weighted by Gasteiger charge is -2.23. The quantitative estimate of drug-likeness (QED) is 0.802. The number of hydrogen-bond donors (Lipinski definition) is 1. The zero-order valence-electron chi connectivity index (χ0n) is 6.74. The molecule has 1 N–H and O–H groups in total. The van der Waals surface area contributed by atoms with E-state index in [-0.39, 0.29) is 12.7 Å². The van der Waals surface area contributed by atoms with Crippen LogP contribution in [0.25, 0.3) is 0 Å². The Labute approximate surface area is 83.6 Å². The number of fused-ring (bicyclic) bond motifs is 1. The van der Waals surface area contributed by atoms with Crippen LogP contribution in [0.5, 0.6) is 11.6 Å². The second-order valence-corrected chi connectivity index (χ2v) is 3.61. The molecule has 2 heterocycles. The summed E-state index contributed by atoms with van der Waals surface area (Å²) in [7, 11) is 0. The van der Waals surface area contributed by atoms with Gasteiger partial charge in [0.25, 0.3) is 5.88 Å². The molecule has 0 saturated carbocycles. The fourth-order valence-corrected chi connectivity index (χ4v) is 1.37. The van der Waals surface area contributed by atoms with E-state index in [1.54, 1.807) is 12.3 Å². The molecule has 1 atom stereocenters. The Balaban J connectivity index is 2.26. The molecule has 1 aliphatic rings. The van der Waals surface area contributed by atoms with Gasteiger partial charge in [-0.1, -0.05) is 0 Å². The van der Waals surface area contributed by atoms with Crippen molar-refractivity contribution in [3.05, 3.63) is 16.7 Å². The molecule has 5 heteroatoms. The summed E-state index contributed by atoms with van der Waals surface area (Å²) in [6, 6.07) is 1.79. The normalized spacial score (nSPS) is 20.0. The number of nitrogens with zero attached hydrogens (tertiary/aromatic N) is 1. The van der Waals surface area contributed by atoms with Crippen LogP contribution in [0.1, 0.15) is 0 Å². The molecule has 0 fully saturated rings. The molecule has 13 heavy (non-hydrogen) atoms. The molecule has 0 unspecified atom stereocenters. The molecular weight excluding hydrogens is 238 g/mol. The van der Waals surface area contributed by atoms with Crippen LogP contribution in [0, 0.1) is 0 Å². The topological polar surface area (TPSA) is 51.6 Å². The van der Waals surface area contributed by atoms with Gasteiger partial charge in [-0.05, 0) is 15.9 Å². The van der Waals surface area contributed by atoms with Gasteiger partial charge in [-0.3, -0.25) is 0 Å². The van der Waals surface area contributed by atoms with E-state index < -0.39 is 0 Å². The molecule has 1 aromatic rings. The fourth-order valence-electron chi connectivity index (χ4n) is 1.06. The minimum Gasteiger partial charge on any atom is -0.484 e. The average Bonchev–Trinajstić information content (AvgIpc) is 2.17. The molecule has 0 bridgehead atoms. The van der Waals surface area contributed by atoms with Crippen molar-refractivity contribution in [2.24, 2.45) is 0 Å². The van der Waals surface area contributed by atoms with Crippen LogP contribution in [0.2, 0.25) is 0 Å². The molecular formula is C8H8BrNO3. The summed E-state index contributed by atoms with van der Waals surface area (Å²) in [5.41, 5.74) is 0. The van der Waals surface area contributed by atoms with E-state index in [2.05, 4.69) is 20.9 Å². The monoisotopic (exact) mass is 245 g/mol. The van der Waals surface area contributed by atoms with E-state index in [1.165, 1.54) is 0 Å². The van der Waals surface area contributed by atoms with Gasteiger partial charge in [-0.15, -0.1) is 0 Å². The molecule has 4 nitrogen and oxygen atoms in total. The van der Waals surface area contributed by atoms with Gasteiger partial charge in [0, 0.05) is 16.7 Å². The highest BCUT2D eigenvalue weighted by Crippen LogP contribution is 2.31. The van der Waals surface area contributed by atoms with E-state index in [4.69, 9.17) is 14.6 Å². The molecule has 0 amide bonds. The minimum absolute atomic E-state index is 0.0583. The number of aliphatic hydroxyl groups is 1. The molecule has 0 aromatic carbocycles. The number of aliphatic hydroxyl groups excluding tert-OH is 1. The number of halogens is 1. The van der Waals surface area contributed by atoms with Gasteiger partial charge >= 0.3 is 0 Å². The Morgan fingerprint density at radius 2 is 2.54 bits per heavy atom. The predicted octanol–water partition coefficient (Wildman–Crippen LogP) is 0.976. The number of hydrogen-bond acceptors (Lipinski definition) is 4. The molecule has 1 aromatic heterocycles. The van der Waals surface area contributed by atoms with E-state index in [0.717, 1.165) is 4.47 Å². The summed E-state index contributed by atoms with van der Waals surface area (Å²) >= 11 is 3.28. The van der Waals surface area contributed by atoms with Crippen molar-refractivity contribution < 1.29 is 14.6 Å². The molecule has 0 spiro atoms. The van der Waals surface area contributed by atoms with Crippen LogP contribution in [-0.4, -0.2) is 29.4 Å². The van der Waals surface area contributed by atoms with E-state index in [1.807, 2.05) is 0 Å². The van der Waals surface area contributed by atoms with Gasteiger partial charge in [0.2, 0.25) is 0 Å². The van der Waals surface area contributed by atoms with Crippen molar-refractivity contribution in [2.75, 3.05) is 13.2 Å². The lowest BCUT2D eigenvalue weighted by molar-refractivity contribution is 0.0410. The Kier molecular flexibility index (Phi) is 2.37. The third-order valence-electron chi connectivity index (χ3n) is 1.69. The zero-order chi connectivity index (χ0) is 9.26. The highest BCUT2D eigenvalue weighted by atomic mass is 79.9. The third-order valence-corrected chi connectivity index (χ3v) is 2.13. The second kappa shape index (κ2) is 3.51. The fraction of sp³-hybridized carbons (Fsp3) is 0.375. The van der Waals surface area contributed by atoms with Crippen molar-refractivity contribution in [1.29, 1.82) is 0 Å². The van der Waals surface area contributed by atoms with Crippen molar-refractivity contribution in [3.63, 3.8) is 0 Å². The maximum atomic E-state index is 8.83. The summed E-state index contributed by atoms with van der Waals surface area (Å²) in [5, 5.41) is 8.83. The summed E-state index contributed by atoms with van der Waals surface area (Å²) < 4.78 is 11.5. The molecule has 0 aliphatic carbocycles. The highest BCUT2D eigenvalue weighted by molar-refractivity contribution is 9.10. The largest absolute Gasteiger partial charge is 0.484 e. The number of rotatable bonds is 1. The maximum Gasteiger partial charge on any atom is 0.257 e. The Hall–Kier alpha value is -0.810. The van der Waals surface area contributed by atoms with Gasteiger partial charge in [0.05, 0.1) is 6.61 Å². The SMILES string of the molecule is OC[C@H]1COc2cc(Br)cnc2O1. The zero-order valence-corrected chi connectivity index (χ0v) is 8.32. The van der Waals surface area contributed by atoms with Crippen molar-refractivity contribution in [2.45, 2.75) is 6.10 Å². The van der Waals surface area contributed by atoms with E-state index in [9.17, 15) is 0 Å². The number of pyridine rings is 1. The van der Waals surface area contributed by atoms with E-state index in [0.29, 0.717) is 18.2 Å². The number of ether oxygens (including phenoxy) is 2. The third kappa shape index (κ3) is 1.76. The van der Waals surface area contributed by atoms with E-state index >= 15 is 0 Å². The van der Waals surface area contributed by atoms with Crippen LogP contribution in [0.4, 0.5) is 0 Å². The standard InChI is InChI=1S/C8H8BrNO3/c9-5-1-7-8(10-2-5)13-6(3-11)4-12-7/h1-2,6,11H,3-4H2/t6-/m0/s1. The van der Waals surface area contributed by atoms with Gasteiger partial charge in [0.1, 0.15) is 6.61 Å². The molecule has 0 saturated heterocycles. The van der Waals surface area contributed by atoms with Crippen LogP contribution >= 0.6 is 15.9 Å². The molecule has 0 radical (unpaired) electrons. The van der Waals surface area contributed by atoms with Gasteiger partial charge in [-0.25, -0.2) is 4.98 Å². The van der Waals surface area contributed by atoms with Crippen LogP contribution < -0.4 is 9.47 Å². The summed E-state index contributed by atoms with van der Waals surface area (Å²) in [6.07, 6.45) is 1.32. The first kappa shape index (κ1) is 8.77. The van der Waals surface area contributed by atoms with Crippen molar-refractivity contribution >= 4 is 15.9 Å². The first-order valence-electron chi connectivity index (χ1n) is 3.85. The Morgan fingerprint density at radius 3 is 3.31 bits per heavy atom. The first-order chi connectivity index (χ1) is 6.29. The Bertz CT molecular complexity index is 318.